The van der Waals surface area contributed by atoms with E-state index in [1.54, 1.807) is 0 Å². The molecular formula is C24H38O5. The fourth-order valence-electron chi connectivity index (χ4n) is 8.45. The average Bonchev–Trinajstić information content (AvgIpc) is 2.88. The van der Waals surface area contributed by atoms with Crippen molar-refractivity contribution in [3.8, 4) is 0 Å². The largest absolute Gasteiger partial charge is 0.458 e. The fourth-order valence-corrected chi connectivity index (χ4v) is 8.45. The Kier molecular flexibility index (Phi) is 5.18. The van der Waals surface area contributed by atoms with Gasteiger partial charge in [0, 0.05) is 12.3 Å². The van der Waals surface area contributed by atoms with Crippen LogP contribution in [0.4, 0.5) is 0 Å². The second kappa shape index (κ2) is 7.05. The number of esters is 1. The van der Waals surface area contributed by atoms with E-state index in [0.29, 0.717) is 23.7 Å². The van der Waals surface area contributed by atoms with Crippen LogP contribution in [-0.2, 0) is 14.3 Å². The average molecular weight is 407 g/mol. The van der Waals surface area contributed by atoms with Crippen LogP contribution in [0.15, 0.2) is 0 Å². The molecule has 0 radical (unpaired) electrons. The van der Waals surface area contributed by atoms with Crippen molar-refractivity contribution in [1.82, 2.24) is 0 Å². The zero-order valence-electron chi connectivity index (χ0n) is 18.4. The molecule has 4 saturated carbocycles. The van der Waals surface area contributed by atoms with Gasteiger partial charge < -0.3 is 14.9 Å². The number of ether oxygens (including phenoxy) is 1. The van der Waals surface area contributed by atoms with E-state index in [2.05, 4.69) is 13.8 Å². The number of aliphatic hydroxyl groups excluding tert-OH is 1. The summed E-state index contributed by atoms with van der Waals surface area (Å²) in [4.78, 5) is 24.3. The highest BCUT2D eigenvalue weighted by Crippen LogP contribution is 2.69. The number of fused-ring (bicyclic) bond motifs is 5. The number of Topliss-reactive ketones (excluding diaryl/α,β-unsaturated/α-hetero) is 1. The highest BCUT2D eigenvalue weighted by molar-refractivity contribution is 5.91. The van der Waals surface area contributed by atoms with E-state index in [9.17, 15) is 19.8 Å². The molecule has 0 aromatic carbocycles. The van der Waals surface area contributed by atoms with Crippen molar-refractivity contribution in [2.45, 2.75) is 90.8 Å². The Hall–Kier alpha value is -0.940. The molecule has 0 aromatic heterocycles. The maximum Gasteiger partial charge on any atom is 0.303 e. The minimum Gasteiger partial charge on any atom is -0.458 e. The molecule has 164 valence electrons. The van der Waals surface area contributed by atoms with Gasteiger partial charge in [-0.1, -0.05) is 20.8 Å². The molecule has 0 heterocycles. The molecule has 4 aliphatic carbocycles. The van der Waals surface area contributed by atoms with Crippen LogP contribution in [0.2, 0.25) is 0 Å². The lowest BCUT2D eigenvalue weighted by Crippen LogP contribution is -2.60. The number of hydrogen-bond donors (Lipinski definition) is 2. The number of rotatable bonds is 3. The Morgan fingerprint density at radius 2 is 1.76 bits per heavy atom. The summed E-state index contributed by atoms with van der Waals surface area (Å²) in [7, 11) is 0. The maximum atomic E-state index is 13.1. The lowest BCUT2D eigenvalue weighted by molar-refractivity contribution is -0.181. The quantitative estimate of drug-likeness (QED) is 0.701. The van der Waals surface area contributed by atoms with Crippen molar-refractivity contribution >= 4 is 11.8 Å². The summed E-state index contributed by atoms with van der Waals surface area (Å²) in [6.07, 6.45) is 7.82. The molecule has 4 aliphatic rings. The van der Waals surface area contributed by atoms with E-state index in [1.807, 2.05) is 6.92 Å². The molecule has 5 heteroatoms. The molecule has 2 N–H and O–H groups in total. The third kappa shape index (κ3) is 2.94. The summed E-state index contributed by atoms with van der Waals surface area (Å²) >= 11 is 0. The molecule has 0 aliphatic heterocycles. The molecule has 0 unspecified atom stereocenters. The Morgan fingerprint density at radius 1 is 1.03 bits per heavy atom. The Bertz CT molecular complexity index is 691. The molecule has 5 nitrogen and oxygen atoms in total. The minimum absolute atomic E-state index is 0.127. The Balaban J connectivity index is 1.61. The van der Waals surface area contributed by atoms with Crippen LogP contribution >= 0.6 is 0 Å². The van der Waals surface area contributed by atoms with Gasteiger partial charge in [-0.3, -0.25) is 9.59 Å². The van der Waals surface area contributed by atoms with Gasteiger partial charge in [0.1, 0.15) is 5.60 Å². The van der Waals surface area contributed by atoms with Crippen LogP contribution in [0.25, 0.3) is 0 Å². The lowest BCUT2D eigenvalue weighted by atomic mass is 9.44. The highest BCUT2D eigenvalue weighted by Gasteiger charge is 2.69. The van der Waals surface area contributed by atoms with E-state index >= 15 is 0 Å². The molecule has 4 fully saturated rings. The summed E-state index contributed by atoms with van der Waals surface area (Å²) in [5.74, 6) is 1.13. The van der Waals surface area contributed by atoms with Crippen molar-refractivity contribution < 1.29 is 24.5 Å². The summed E-state index contributed by atoms with van der Waals surface area (Å²) < 4.78 is 4.99. The molecule has 0 amide bonds. The first kappa shape index (κ1) is 21.3. The molecular weight excluding hydrogens is 368 g/mol. The standard InChI is InChI=1S/C24H38O5/c1-14-11-20-18-6-5-16-12-17(26)7-9-22(16,3)19(18)8-10-23(20,4)24(14,28)21(27)13-29-15(2)25/h14,16-20,26,28H,5-13H2,1-4H3/t14-,16+,17+,18-,19+,20+,22+,23+,24+/m0/s1. The summed E-state index contributed by atoms with van der Waals surface area (Å²) in [6, 6.07) is 0. The molecule has 0 saturated heterocycles. The molecule has 9 atom stereocenters. The van der Waals surface area contributed by atoms with Crippen LogP contribution < -0.4 is 0 Å². The Morgan fingerprint density at radius 3 is 2.45 bits per heavy atom. The normalized spacial score (nSPS) is 51.5. The smallest absolute Gasteiger partial charge is 0.303 e. The van der Waals surface area contributed by atoms with Gasteiger partial charge in [0.2, 0.25) is 5.78 Å². The van der Waals surface area contributed by atoms with Gasteiger partial charge in [-0.05, 0) is 86.4 Å². The van der Waals surface area contributed by atoms with E-state index < -0.39 is 17.0 Å². The SMILES string of the molecule is CC(=O)OCC(=O)[C@]1(O)[C@@H](C)C[C@@H]2[C@H]3CC[C@@H]4C[C@H](O)CC[C@@]4(C)[C@@H]3CC[C@]21C. The van der Waals surface area contributed by atoms with Gasteiger partial charge in [-0.15, -0.1) is 0 Å². The van der Waals surface area contributed by atoms with Crippen molar-refractivity contribution in [2.75, 3.05) is 6.61 Å². The van der Waals surface area contributed by atoms with Gasteiger partial charge in [-0.2, -0.15) is 0 Å². The number of ketones is 1. The zero-order chi connectivity index (χ0) is 21.2. The molecule has 0 spiro atoms. The number of hydrogen-bond acceptors (Lipinski definition) is 5. The van der Waals surface area contributed by atoms with Crippen LogP contribution in [-0.4, -0.2) is 40.3 Å². The molecule has 0 aromatic rings. The first-order valence-electron chi connectivity index (χ1n) is 11.6. The number of carbonyl (C=O) groups excluding carboxylic acids is 2. The third-order valence-corrected chi connectivity index (χ3v) is 10.1. The number of aliphatic hydroxyl groups is 2. The first-order valence-corrected chi connectivity index (χ1v) is 11.6. The second-order valence-electron chi connectivity index (χ2n) is 11.1. The summed E-state index contributed by atoms with van der Waals surface area (Å²) in [5, 5.41) is 21.9. The van der Waals surface area contributed by atoms with Gasteiger partial charge in [0.15, 0.2) is 6.61 Å². The van der Waals surface area contributed by atoms with Crippen molar-refractivity contribution in [3.63, 3.8) is 0 Å². The zero-order valence-corrected chi connectivity index (χ0v) is 18.4. The predicted octanol–water partition coefficient (Wildman–Crippen LogP) is 3.50. The molecule has 0 bridgehead atoms. The van der Waals surface area contributed by atoms with E-state index in [0.717, 1.165) is 51.4 Å². The lowest BCUT2D eigenvalue weighted by Gasteiger charge is -2.61. The Labute approximate surface area is 174 Å². The first-order chi connectivity index (χ1) is 13.5. The third-order valence-electron chi connectivity index (χ3n) is 10.1. The summed E-state index contributed by atoms with van der Waals surface area (Å²) in [5.41, 5.74) is -1.60. The van der Waals surface area contributed by atoms with Crippen LogP contribution in [0.5, 0.6) is 0 Å². The minimum atomic E-state index is -1.42. The van der Waals surface area contributed by atoms with E-state index in [4.69, 9.17) is 4.74 Å². The molecule has 4 rings (SSSR count). The van der Waals surface area contributed by atoms with E-state index in [1.165, 1.54) is 6.92 Å². The van der Waals surface area contributed by atoms with E-state index in [-0.39, 0.29) is 29.8 Å². The van der Waals surface area contributed by atoms with Gasteiger partial charge >= 0.3 is 5.97 Å². The predicted molar refractivity (Wildman–Crippen MR) is 109 cm³/mol. The molecule has 29 heavy (non-hydrogen) atoms. The maximum absolute atomic E-state index is 13.1. The van der Waals surface area contributed by atoms with Crippen LogP contribution in [0.3, 0.4) is 0 Å². The highest BCUT2D eigenvalue weighted by atomic mass is 16.5. The van der Waals surface area contributed by atoms with Crippen molar-refractivity contribution in [3.05, 3.63) is 0 Å². The van der Waals surface area contributed by atoms with Gasteiger partial charge in [0.05, 0.1) is 6.10 Å². The van der Waals surface area contributed by atoms with Crippen LogP contribution in [0, 0.1) is 40.4 Å². The topological polar surface area (TPSA) is 83.8 Å². The summed E-state index contributed by atoms with van der Waals surface area (Å²) in [6.45, 7) is 7.52. The van der Waals surface area contributed by atoms with Crippen molar-refractivity contribution in [2.24, 2.45) is 40.4 Å². The number of carbonyl (C=O) groups is 2. The van der Waals surface area contributed by atoms with Gasteiger partial charge in [0.25, 0.3) is 0 Å². The fraction of sp³-hybridized carbons (Fsp3) is 0.917. The van der Waals surface area contributed by atoms with Crippen LogP contribution in [0.1, 0.15) is 79.1 Å². The second-order valence-corrected chi connectivity index (χ2v) is 11.1. The monoisotopic (exact) mass is 406 g/mol. The van der Waals surface area contributed by atoms with Gasteiger partial charge in [-0.25, -0.2) is 0 Å². The van der Waals surface area contributed by atoms with Crippen molar-refractivity contribution in [1.29, 1.82) is 0 Å².